The average molecular weight is 274 g/mol. The number of hydrogen-bond acceptors (Lipinski definition) is 5. The minimum absolute atomic E-state index is 0.0931. The zero-order valence-corrected chi connectivity index (χ0v) is 11.7. The number of nitrogens with zero attached hydrogens (tertiary/aromatic N) is 2. The minimum atomic E-state index is -0.0931. The van der Waals surface area contributed by atoms with E-state index in [-0.39, 0.29) is 11.9 Å². The van der Waals surface area contributed by atoms with Crippen LogP contribution in [0.4, 0.5) is 0 Å². The first kappa shape index (κ1) is 13.1. The average Bonchev–Trinajstić information content (AvgIpc) is 3.17. The molecule has 0 aliphatic heterocycles. The second kappa shape index (κ2) is 5.25. The van der Waals surface area contributed by atoms with Crippen LogP contribution in [0.2, 0.25) is 0 Å². The van der Waals surface area contributed by atoms with E-state index in [1.54, 1.807) is 6.07 Å². The van der Waals surface area contributed by atoms with Crippen molar-refractivity contribution in [2.75, 3.05) is 6.61 Å². The zero-order chi connectivity index (χ0) is 14.1. The van der Waals surface area contributed by atoms with E-state index >= 15 is 0 Å². The molecule has 0 saturated heterocycles. The molecular formula is C15H18N2O3. The number of phenolic OH excluding ortho intramolecular Hbond substituents is 1. The molecule has 1 aromatic heterocycles. The van der Waals surface area contributed by atoms with Gasteiger partial charge in [-0.2, -0.15) is 4.98 Å². The number of ether oxygens (including phenoxy) is 1. The number of phenols is 1. The Hall–Kier alpha value is -1.88. The highest BCUT2D eigenvalue weighted by Gasteiger charge is 2.36. The van der Waals surface area contributed by atoms with Crippen LogP contribution in [0.25, 0.3) is 11.5 Å². The molecule has 1 saturated carbocycles. The summed E-state index contributed by atoms with van der Waals surface area (Å²) in [5, 5.41) is 14.1. The Morgan fingerprint density at radius 2 is 2.25 bits per heavy atom. The highest BCUT2D eigenvalue weighted by molar-refractivity contribution is 5.64. The Morgan fingerprint density at radius 1 is 1.45 bits per heavy atom. The van der Waals surface area contributed by atoms with Crippen molar-refractivity contribution in [2.24, 2.45) is 5.92 Å². The second-order valence-corrected chi connectivity index (χ2v) is 5.14. The maximum atomic E-state index is 10.1. The summed E-state index contributed by atoms with van der Waals surface area (Å²) in [5.41, 5.74) is 1.35. The van der Waals surface area contributed by atoms with E-state index in [9.17, 15) is 5.11 Å². The number of para-hydroxylation sites is 1. The first-order chi connectivity index (χ1) is 9.70. The van der Waals surface area contributed by atoms with Crippen molar-refractivity contribution >= 4 is 0 Å². The van der Waals surface area contributed by atoms with E-state index in [1.807, 2.05) is 26.0 Å². The van der Waals surface area contributed by atoms with Crippen LogP contribution in [0, 0.1) is 12.8 Å². The van der Waals surface area contributed by atoms with E-state index in [4.69, 9.17) is 9.26 Å². The summed E-state index contributed by atoms with van der Waals surface area (Å²) in [7, 11) is 0. The van der Waals surface area contributed by atoms with Gasteiger partial charge in [-0.3, -0.25) is 0 Å². The fourth-order valence-electron chi connectivity index (χ4n) is 2.29. The van der Waals surface area contributed by atoms with Crippen molar-refractivity contribution in [3.05, 3.63) is 29.6 Å². The Morgan fingerprint density at radius 3 is 2.95 bits per heavy atom. The van der Waals surface area contributed by atoms with Crippen LogP contribution >= 0.6 is 0 Å². The number of benzene rings is 1. The third-order valence-corrected chi connectivity index (χ3v) is 3.56. The monoisotopic (exact) mass is 274 g/mol. The van der Waals surface area contributed by atoms with E-state index < -0.39 is 0 Å². The normalized spacial score (nSPS) is 16.3. The van der Waals surface area contributed by atoms with Gasteiger partial charge in [0.15, 0.2) is 0 Å². The fourth-order valence-corrected chi connectivity index (χ4v) is 2.29. The summed E-state index contributed by atoms with van der Waals surface area (Å²) < 4.78 is 11.0. The molecule has 1 atom stereocenters. The Balaban J connectivity index is 1.91. The van der Waals surface area contributed by atoms with Gasteiger partial charge >= 0.3 is 0 Å². The van der Waals surface area contributed by atoms with E-state index in [2.05, 4.69) is 10.1 Å². The van der Waals surface area contributed by atoms with Gasteiger partial charge in [0.2, 0.25) is 5.82 Å². The quantitative estimate of drug-likeness (QED) is 0.906. The maximum absolute atomic E-state index is 10.1. The van der Waals surface area contributed by atoms with Gasteiger partial charge in [-0.25, -0.2) is 0 Å². The lowest BCUT2D eigenvalue weighted by Crippen LogP contribution is -2.08. The lowest BCUT2D eigenvalue weighted by Gasteiger charge is -2.11. The molecule has 106 valence electrons. The Bertz CT molecular complexity index is 605. The van der Waals surface area contributed by atoms with Crippen LogP contribution in [0.15, 0.2) is 22.7 Å². The largest absolute Gasteiger partial charge is 0.507 e. The third kappa shape index (κ3) is 2.41. The van der Waals surface area contributed by atoms with Crippen molar-refractivity contribution in [1.82, 2.24) is 10.1 Å². The summed E-state index contributed by atoms with van der Waals surface area (Å²) in [6.45, 7) is 4.42. The van der Waals surface area contributed by atoms with Crippen LogP contribution in [-0.2, 0) is 4.74 Å². The van der Waals surface area contributed by atoms with Gasteiger partial charge in [-0.05, 0) is 44.2 Å². The van der Waals surface area contributed by atoms with Gasteiger partial charge in [0, 0.05) is 6.61 Å². The number of hydrogen-bond donors (Lipinski definition) is 1. The van der Waals surface area contributed by atoms with Crippen LogP contribution in [0.3, 0.4) is 0 Å². The van der Waals surface area contributed by atoms with Crippen LogP contribution in [-0.4, -0.2) is 21.9 Å². The molecule has 1 unspecified atom stereocenters. The molecule has 1 aliphatic carbocycles. The van der Waals surface area contributed by atoms with Gasteiger partial charge in [-0.15, -0.1) is 0 Å². The molecule has 5 heteroatoms. The minimum Gasteiger partial charge on any atom is -0.507 e. The molecule has 0 bridgehead atoms. The van der Waals surface area contributed by atoms with Gasteiger partial charge in [0.05, 0.1) is 5.56 Å². The number of aromatic hydroxyl groups is 1. The number of rotatable bonds is 5. The van der Waals surface area contributed by atoms with Crippen molar-refractivity contribution in [2.45, 2.75) is 32.8 Å². The lowest BCUT2D eigenvalue weighted by molar-refractivity contribution is 0.0385. The molecule has 1 heterocycles. The van der Waals surface area contributed by atoms with Crippen LogP contribution in [0.1, 0.15) is 37.3 Å². The van der Waals surface area contributed by atoms with E-state index in [1.165, 1.54) is 0 Å². The predicted octanol–water partition coefficient (Wildman–Crippen LogP) is 3.24. The number of aryl methyl sites for hydroxylation is 1. The molecule has 1 N–H and O–H groups in total. The summed E-state index contributed by atoms with van der Waals surface area (Å²) in [6, 6.07) is 5.46. The van der Waals surface area contributed by atoms with E-state index in [0.717, 1.165) is 18.4 Å². The molecule has 20 heavy (non-hydrogen) atoms. The first-order valence-electron chi connectivity index (χ1n) is 6.95. The summed E-state index contributed by atoms with van der Waals surface area (Å²) in [4.78, 5) is 4.40. The van der Waals surface area contributed by atoms with E-state index in [0.29, 0.717) is 29.8 Å². The fraction of sp³-hybridized carbons (Fsp3) is 0.467. The second-order valence-electron chi connectivity index (χ2n) is 5.14. The molecule has 1 aliphatic rings. The molecule has 5 nitrogen and oxygen atoms in total. The summed E-state index contributed by atoms with van der Waals surface area (Å²) in [5.74, 6) is 1.59. The third-order valence-electron chi connectivity index (χ3n) is 3.56. The lowest BCUT2D eigenvalue weighted by atomic mass is 10.1. The maximum Gasteiger partial charge on any atom is 0.261 e. The predicted molar refractivity (Wildman–Crippen MR) is 73.2 cm³/mol. The van der Waals surface area contributed by atoms with Crippen molar-refractivity contribution in [3.8, 4) is 17.2 Å². The molecular weight excluding hydrogens is 256 g/mol. The van der Waals surface area contributed by atoms with Gasteiger partial charge < -0.3 is 14.4 Å². The van der Waals surface area contributed by atoms with Crippen molar-refractivity contribution < 1.29 is 14.4 Å². The number of aromatic nitrogens is 2. The summed E-state index contributed by atoms with van der Waals surface area (Å²) in [6.07, 6.45) is 2.19. The smallest absolute Gasteiger partial charge is 0.261 e. The Kier molecular flexibility index (Phi) is 3.44. The first-order valence-corrected chi connectivity index (χ1v) is 6.95. The van der Waals surface area contributed by atoms with Crippen molar-refractivity contribution in [1.29, 1.82) is 0 Å². The molecule has 3 rings (SSSR count). The molecule has 1 fully saturated rings. The van der Waals surface area contributed by atoms with Crippen LogP contribution < -0.4 is 0 Å². The zero-order valence-electron chi connectivity index (χ0n) is 11.7. The highest BCUT2D eigenvalue weighted by Crippen LogP contribution is 2.43. The van der Waals surface area contributed by atoms with Gasteiger partial charge in [-0.1, -0.05) is 17.3 Å². The molecule has 0 spiro atoms. The molecule has 0 amide bonds. The standard InChI is InChI=1S/C15H18N2O3/c1-3-19-13(10-7-8-10)14-16-15(20-17-14)11-6-4-5-9(2)12(11)18/h4-6,10,13,18H,3,7-8H2,1-2H3. The topological polar surface area (TPSA) is 68.4 Å². The van der Waals surface area contributed by atoms with Crippen molar-refractivity contribution in [3.63, 3.8) is 0 Å². The van der Waals surface area contributed by atoms with Gasteiger partial charge in [0.25, 0.3) is 5.89 Å². The SMILES string of the molecule is CCOC(c1noc(-c2cccc(C)c2O)n1)C1CC1. The summed E-state index contributed by atoms with van der Waals surface area (Å²) >= 11 is 0. The Labute approximate surface area is 117 Å². The molecule has 1 aromatic carbocycles. The highest BCUT2D eigenvalue weighted by atomic mass is 16.5. The van der Waals surface area contributed by atoms with Crippen LogP contribution in [0.5, 0.6) is 5.75 Å². The molecule has 0 radical (unpaired) electrons. The van der Waals surface area contributed by atoms with Gasteiger partial charge in [0.1, 0.15) is 11.9 Å². The molecule has 2 aromatic rings.